The van der Waals surface area contributed by atoms with Crippen LogP contribution in [0.5, 0.6) is 0 Å². The normalized spacial score (nSPS) is 20.2. The highest BCUT2D eigenvalue weighted by atomic mass is 16.2. The number of hydrogen-bond donors (Lipinski definition) is 2. The molecule has 0 spiro atoms. The molecule has 6 nitrogen and oxygen atoms in total. The molecule has 25 heavy (non-hydrogen) atoms. The summed E-state index contributed by atoms with van der Waals surface area (Å²) in [5.41, 5.74) is 1.74. The van der Waals surface area contributed by atoms with E-state index in [1.54, 1.807) is 31.6 Å². The highest BCUT2D eigenvalue weighted by Crippen LogP contribution is 2.20. The lowest BCUT2D eigenvalue weighted by Gasteiger charge is -2.18. The summed E-state index contributed by atoms with van der Waals surface area (Å²) in [6.07, 6.45) is 3.52. The van der Waals surface area contributed by atoms with Crippen LogP contribution in [0.1, 0.15) is 15.9 Å². The zero-order valence-corrected chi connectivity index (χ0v) is 14.2. The Morgan fingerprint density at radius 1 is 1.12 bits per heavy atom. The molecule has 0 unspecified atom stereocenters. The Balaban J connectivity index is 1.69. The molecule has 0 saturated carbocycles. The summed E-state index contributed by atoms with van der Waals surface area (Å²) in [6.45, 7) is 1.98. The molecule has 2 aromatic rings. The molecule has 6 heteroatoms. The van der Waals surface area contributed by atoms with Crippen molar-refractivity contribution in [2.45, 2.75) is 12.6 Å². The first-order chi connectivity index (χ1) is 12.2. The molecule has 130 valence electrons. The molecule has 1 saturated heterocycles. The molecule has 0 radical (unpaired) electrons. The lowest BCUT2D eigenvalue weighted by atomic mass is 10.0. The maximum Gasteiger partial charge on any atom is 0.251 e. The van der Waals surface area contributed by atoms with Gasteiger partial charge in [0.15, 0.2) is 0 Å². The van der Waals surface area contributed by atoms with E-state index >= 15 is 0 Å². The van der Waals surface area contributed by atoms with Crippen molar-refractivity contribution in [1.29, 1.82) is 0 Å². The maximum atomic E-state index is 12.5. The number of nitrogens with one attached hydrogen (secondary N) is 2. The van der Waals surface area contributed by atoms with Gasteiger partial charge in [-0.15, -0.1) is 0 Å². The van der Waals surface area contributed by atoms with Gasteiger partial charge in [-0.1, -0.05) is 18.2 Å². The predicted octanol–water partition coefficient (Wildman–Crippen LogP) is 1.06. The fourth-order valence-electron chi connectivity index (χ4n) is 3.20. The largest absolute Gasteiger partial charge is 0.359 e. The third-order valence-corrected chi connectivity index (χ3v) is 4.49. The van der Waals surface area contributed by atoms with Crippen molar-refractivity contribution in [2.75, 3.05) is 20.1 Å². The molecule has 0 aliphatic carbocycles. The van der Waals surface area contributed by atoms with Gasteiger partial charge in [-0.2, -0.15) is 0 Å². The monoisotopic (exact) mass is 338 g/mol. The van der Waals surface area contributed by atoms with Gasteiger partial charge in [-0.25, -0.2) is 0 Å². The number of rotatable bonds is 5. The Hall–Kier alpha value is -2.73. The second-order valence-electron chi connectivity index (χ2n) is 6.22. The first-order valence-corrected chi connectivity index (χ1v) is 8.36. The van der Waals surface area contributed by atoms with Gasteiger partial charge in [0.1, 0.15) is 0 Å². The molecule has 1 aliphatic rings. The number of nitrogens with zero attached hydrogens (tertiary/aromatic N) is 2. The van der Waals surface area contributed by atoms with Gasteiger partial charge in [0.25, 0.3) is 5.91 Å². The van der Waals surface area contributed by atoms with Crippen LogP contribution in [-0.4, -0.2) is 47.9 Å². The summed E-state index contributed by atoms with van der Waals surface area (Å²) in [5, 5.41) is 5.73. The van der Waals surface area contributed by atoms with Crippen molar-refractivity contribution in [1.82, 2.24) is 20.5 Å². The lowest BCUT2D eigenvalue weighted by Crippen LogP contribution is -2.45. The summed E-state index contributed by atoms with van der Waals surface area (Å²) in [6, 6.07) is 12.8. The highest BCUT2D eigenvalue weighted by molar-refractivity contribution is 5.94. The van der Waals surface area contributed by atoms with Crippen LogP contribution >= 0.6 is 0 Å². The van der Waals surface area contributed by atoms with E-state index in [0.717, 1.165) is 12.1 Å². The lowest BCUT2D eigenvalue weighted by molar-refractivity contribution is -0.124. The van der Waals surface area contributed by atoms with Gasteiger partial charge in [-0.05, 0) is 29.8 Å². The van der Waals surface area contributed by atoms with Crippen LogP contribution in [0.15, 0.2) is 54.9 Å². The van der Waals surface area contributed by atoms with E-state index < -0.39 is 0 Å². The number of carbonyl (C=O) groups is 2. The number of hydrogen-bond acceptors (Lipinski definition) is 4. The van der Waals surface area contributed by atoms with Gasteiger partial charge >= 0.3 is 0 Å². The van der Waals surface area contributed by atoms with E-state index in [1.807, 2.05) is 30.3 Å². The van der Waals surface area contributed by atoms with Crippen molar-refractivity contribution < 1.29 is 9.59 Å². The van der Waals surface area contributed by atoms with E-state index in [9.17, 15) is 9.59 Å². The Kier molecular flexibility index (Phi) is 5.40. The molecule has 1 aliphatic heterocycles. The van der Waals surface area contributed by atoms with E-state index in [1.165, 1.54) is 0 Å². The number of likely N-dealkylation sites (tertiary alicyclic amines) is 1. The van der Waals surface area contributed by atoms with Crippen LogP contribution in [-0.2, 0) is 11.3 Å². The Labute approximate surface area is 147 Å². The van der Waals surface area contributed by atoms with Crippen molar-refractivity contribution in [3.63, 3.8) is 0 Å². The number of pyridine rings is 1. The maximum absolute atomic E-state index is 12.5. The summed E-state index contributed by atoms with van der Waals surface area (Å²) in [4.78, 5) is 30.9. The van der Waals surface area contributed by atoms with Gasteiger partial charge in [0.05, 0.1) is 12.0 Å². The zero-order chi connectivity index (χ0) is 17.6. The molecule has 1 fully saturated rings. The number of benzene rings is 1. The zero-order valence-electron chi connectivity index (χ0n) is 14.2. The van der Waals surface area contributed by atoms with Crippen molar-refractivity contribution in [3.05, 3.63) is 66.0 Å². The van der Waals surface area contributed by atoms with Crippen LogP contribution in [0.3, 0.4) is 0 Å². The molecule has 2 N–H and O–H groups in total. The Morgan fingerprint density at radius 2 is 1.84 bits per heavy atom. The average molecular weight is 338 g/mol. The second-order valence-corrected chi connectivity index (χ2v) is 6.22. The molecular weight excluding hydrogens is 316 g/mol. The molecule has 1 aromatic heterocycles. The van der Waals surface area contributed by atoms with Crippen LogP contribution in [0.25, 0.3) is 0 Å². The number of carbonyl (C=O) groups excluding carboxylic acids is 2. The fourth-order valence-corrected chi connectivity index (χ4v) is 3.20. The minimum Gasteiger partial charge on any atom is -0.359 e. The molecule has 1 aromatic carbocycles. The molecule has 0 bridgehead atoms. The quantitative estimate of drug-likeness (QED) is 0.855. The number of aromatic nitrogens is 1. The third kappa shape index (κ3) is 4.22. The minimum absolute atomic E-state index is 0.0457. The van der Waals surface area contributed by atoms with Crippen LogP contribution in [0.2, 0.25) is 0 Å². The standard InChI is InChI=1S/C19H22N4O2/c1-20-19(25)16-12-23(11-14-7-9-21-10-8-14)13-17(16)22-18(24)15-5-3-2-4-6-15/h2-10,16-17H,11-13H2,1H3,(H,20,25)(H,22,24)/t16-,17-/m0/s1. The molecule has 3 rings (SSSR count). The van der Waals surface area contributed by atoms with Gasteiger partial charge < -0.3 is 10.6 Å². The third-order valence-electron chi connectivity index (χ3n) is 4.49. The smallest absolute Gasteiger partial charge is 0.251 e. The summed E-state index contributed by atoms with van der Waals surface area (Å²) >= 11 is 0. The van der Waals surface area contributed by atoms with Crippen LogP contribution < -0.4 is 10.6 Å². The number of amides is 2. The fraction of sp³-hybridized carbons (Fsp3) is 0.316. The second kappa shape index (κ2) is 7.90. The van der Waals surface area contributed by atoms with Crippen molar-refractivity contribution >= 4 is 11.8 Å². The Bertz CT molecular complexity index is 721. The molecule has 2 atom stereocenters. The van der Waals surface area contributed by atoms with E-state index in [2.05, 4.69) is 20.5 Å². The minimum atomic E-state index is -0.264. The first-order valence-electron chi connectivity index (χ1n) is 8.36. The van der Waals surface area contributed by atoms with Crippen LogP contribution in [0, 0.1) is 5.92 Å². The average Bonchev–Trinajstić information content (AvgIpc) is 3.04. The molecule has 2 amide bonds. The van der Waals surface area contributed by atoms with Gasteiger partial charge in [-0.3, -0.25) is 19.5 Å². The van der Waals surface area contributed by atoms with Gasteiger partial charge in [0, 0.05) is 44.6 Å². The predicted molar refractivity (Wildman–Crippen MR) is 94.8 cm³/mol. The van der Waals surface area contributed by atoms with E-state index in [0.29, 0.717) is 18.7 Å². The van der Waals surface area contributed by atoms with E-state index in [-0.39, 0.29) is 23.8 Å². The topological polar surface area (TPSA) is 74.3 Å². The van der Waals surface area contributed by atoms with Crippen molar-refractivity contribution in [3.8, 4) is 0 Å². The molecular formula is C19H22N4O2. The van der Waals surface area contributed by atoms with E-state index in [4.69, 9.17) is 0 Å². The van der Waals surface area contributed by atoms with Gasteiger partial charge in [0.2, 0.25) is 5.91 Å². The van der Waals surface area contributed by atoms with Crippen molar-refractivity contribution in [2.24, 2.45) is 5.92 Å². The Morgan fingerprint density at radius 3 is 2.52 bits per heavy atom. The molecule has 2 heterocycles. The first kappa shape index (κ1) is 17.1. The SMILES string of the molecule is CNC(=O)[C@H]1CN(Cc2ccncc2)C[C@@H]1NC(=O)c1ccccc1. The summed E-state index contributed by atoms with van der Waals surface area (Å²) < 4.78 is 0. The highest BCUT2D eigenvalue weighted by Gasteiger charge is 2.38. The summed E-state index contributed by atoms with van der Waals surface area (Å²) in [7, 11) is 1.63. The van der Waals surface area contributed by atoms with Crippen LogP contribution in [0.4, 0.5) is 0 Å². The summed E-state index contributed by atoms with van der Waals surface area (Å²) in [5.74, 6) is -0.458.